The monoisotopic (exact) mass is 440 g/mol. The lowest BCUT2D eigenvalue weighted by Crippen LogP contribution is -2.50. The van der Waals surface area contributed by atoms with Crippen LogP contribution in [0.15, 0.2) is 47.4 Å². The normalized spacial score (nSPS) is 15.3. The van der Waals surface area contributed by atoms with Gasteiger partial charge in [0.1, 0.15) is 0 Å². The molecule has 1 amide bonds. The van der Waals surface area contributed by atoms with E-state index in [1.807, 2.05) is 6.92 Å². The number of sulfonamides is 1. The van der Waals surface area contributed by atoms with Gasteiger partial charge in [-0.15, -0.1) is 0 Å². The SMILES string of the molecule is COc1cccc(C(=O)N2CCN(S(=O)(=O)c3ccc(C)cc3)CC2)c1OC(F)F. The van der Waals surface area contributed by atoms with Crippen LogP contribution < -0.4 is 9.47 Å². The van der Waals surface area contributed by atoms with Crippen LogP contribution in [0.2, 0.25) is 0 Å². The van der Waals surface area contributed by atoms with E-state index in [1.165, 1.54) is 34.5 Å². The van der Waals surface area contributed by atoms with E-state index in [-0.39, 0.29) is 48.1 Å². The smallest absolute Gasteiger partial charge is 0.387 e. The Morgan fingerprint density at radius 3 is 2.23 bits per heavy atom. The lowest BCUT2D eigenvalue weighted by molar-refractivity contribution is -0.0516. The number of rotatable bonds is 6. The van der Waals surface area contributed by atoms with Crippen LogP contribution in [-0.2, 0) is 10.0 Å². The lowest BCUT2D eigenvalue weighted by Gasteiger charge is -2.34. The van der Waals surface area contributed by atoms with Crippen molar-refractivity contribution in [3.63, 3.8) is 0 Å². The highest BCUT2D eigenvalue weighted by atomic mass is 32.2. The van der Waals surface area contributed by atoms with Gasteiger partial charge in [-0.1, -0.05) is 23.8 Å². The Hall–Kier alpha value is -2.72. The first-order valence-corrected chi connectivity index (χ1v) is 10.7. The van der Waals surface area contributed by atoms with Crippen LogP contribution in [0.1, 0.15) is 15.9 Å². The Kier molecular flexibility index (Phi) is 6.57. The molecule has 0 saturated carbocycles. The van der Waals surface area contributed by atoms with Gasteiger partial charge >= 0.3 is 6.61 Å². The van der Waals surface area contributed by atoms with Gasteiger partial charge in [0, 0.05) is 26.2 Å². The predicted molar refractivity (Wildman–Crippen MR) is 105 cm³/mol. The second-order valence-electron chi connectivity index (χ2n) is 6.72. The Balaban J connectivity index is 1.75. The summed E-state index contributed by atoms with van der Waals surface area (Å²) in [6.45, 7) is -0.826. The Morgan fingerprint density at radius 2 is 1.67 bits per heavy atom. The minimum absolute atomic E-state index is 0.0155. The van der Waals surface area contributed by atoms with Crippen molar-refractivity contribution in [3.8, 4) is 11.5 Å². The standard InChI is InChI=1S/C20H22F2N2O5S/c1-14-6-8-15(9-7-14)30(26,27)24-12-10-23(11-13-24)19(25)16-4-3-5-17(28-2)18(16)29-20(21)22/h3-9,20H,10-13H2,1-2H3. The minimum Gasteiger partial charge on any atom is -0.493 e. The van der Waals surface area contributed by atoms with Crippen molar-refractivity contribution in [2.24, 2.45) is 0 Å². The van der Waals surface area contributed by atoms with Crippen molar-refractivity contribution in [3.05, 3.63) is 53.6 Å². The van der Waals surface area contributed by atoms with E-state index >= 15 is 0 Å². The second-order valence-corrected chi connectivity index (χ2v) is 8.66. The minimum atomic E-state index is -3.68. The number of piperazine rings is 1. The third-order valence-electron chi connectivity index (χ3n) is 4.82. The van der Waals surface area contributed by atoms with Crippen molar-refractivity contribution in [2.75, 3.05) is 33.3 Å². The number of methoxy groups -OCH3 is 1. The highest BCUT2D eigenvalue weighted by Gasteiger charge is 2.32. The van der Waals surface area contributed by atoms with Gasteiger partial charge in [-0.05, 0) is 31.2 Å². The highest BCUT2D eigenvalue weighted by molar-refractivity contribution is 7.89. The third kappa shape index (κ3) is 4.54. The topological polar surface area (TPSA) is 76.2 Å². The maximum absolute atomic E-state index is 12.9. The van der Waals surface area contributed by atoms with E-state index in [2.05, 4.69) is 4.74 Å². The number of ether oxygens (including phenoxy) is 2. The number of halogens is 2. The molecule has 0 atom stereocenters. The average Bonchev–Trinajstić information content (AvgIpc) is 2.73. The molecule has 7 nitrogen and oxygen atoms in total. The van der Waals surface area contributed by atoms with E-state index in [9.17, 15) is 22.0 Å². The fraction of sp³-hybridized carbons (Fsp3) is 0.350. The van der Waals surface area contributed by atoms with Gasteiger partial charge in [0.2, 0.25) is 10.0 Å². The van der Waals surface area contributed by atoms with Crippen molar-refractivity contribution in [1.82, 2.24) is 9.21 Å². The van der Waals surface area contributed by atoms with Crippen LogP contribution in [0.25, 0.3) is 0 Å². The first-order chi connectivity index (χ1) is 14.2. The highest BCUT2D eigenvalue weighted by Crippen LogP contribution is 2.33. The Morgan fingerprint density at radius 1 is 1.03 bits per heavy atom. The number of carbonyl (C=O) groups is 1. The van der Waals surface area contributed by atoms with Crippen molar-refractivity contribution in [1.29, 1.82) is 0 Å². The summed E-state index contributed by atoms with van der Waals surface area (Å²) in [5.41, 5.74) is 0.883. The first kappa shape index (κ1) is 22.0. The van der Waals surface area contributed by atoms with E-state index in [0.717, 1.165) is 5.56 Å². The van der Waals surface area contributed by atoms with Crippen LogP contribution >= 0.6 is 0 Å². The molecule has 1 saturated heterocycles. The number of carbonyl (C=O) groups excluding carboxylic acids is 1. The van der Waals surface area contributed by atoms with Gasteiger partial charge < -0.3 is 14.4 Å². The molecule has 1 aliphatic rings. The van der Waals surface area contributed by atoms with Crippen molar-refractivity contribution >= 4 is 15.9 Å². The van der Waals surface area contributed by atoms with Gasteiger partial charge in [0.05, 0.1) is 17.6 Å². The number of para-hydroxylation sites is 1. The molecule has 0 aromatic heterocycles. The zero-order chi connectivity index (χ0) is 21.9. The van der Waals surface area contributed by atoms with Gasteiger partial charge in [-0.2, -0.15) is 13.1 Å². The van der Waals surface area contributed by atoms with E-state index < -0.39 is 22.5 Å². The maximum Gasteiger partial charge on any atom is 0.387 e. The number of amides is 1. The number of nitrogens with zero attached hydrogens (tertiary/aromatic N) is 2. The van der Waals surface area contributed by atoms with Crippen LogP contribution in [0.5, 0.6) is 11.5 Å². The third-order valence-corrected chi connectivity index (χ3v) is 6.73. The first-order valence-electron chi connectivity index (χ1n) is 9.22. The molecule has 0 spiro atoms. The maximum atomic E-state index is 12.9. The summed E-state index contributed by atoms with van der Waals surface area (Å²) in [5, 5.41) is 0. The molecule has 2 aromatic rings. The molecule has 30 heavy (non-hydrogen) atoms. The molecular weight excluding hydrogens is 418 g/mol. The number of aryl methyl sites for hydroxylation is 1. The van der Waals surface area contributed by atoms with Crippen LogP contribution in [0.3, 0.4) is 0 Å². The summed E-state index contributed by atoms with van der Waals surface area (Å²) < 4.78 is 62.1. The molecule has 0 aliphatic carbocycles. The fourth-order valence-corrected chi connectivity index (χ4v) is 4.64. The zero-order valence-corrected chi connectivity index (χ0v) is 17.4. The van der Waals surface area contributed by atoms with Crippen LogP contribution in [0, 0.1) is 6.92 Å². The van der Waals surface area contributed by atoms with Crippen LogP contribution in [-0.4, -0.2) is 63.4 Å². The summed E-state index contributed by atoms with van der Waals surface area (Å²) >= 11 is 0. The van der Waals surface area contributed by atoms with Gasteiger partial charge in [0.15, 0.2) is 11.5 Å². The lowest BCUT2D eigenvalue weighted by atomic mass is 10.1. The molecule has 3 rings (SSSR count). The summed E-state index contributed by atoms with van der Waals surface area (Å²) in [7, 11) is -2.39. The zero-order valence-electron chi connectivity index (χ0n) is 16.5. The molecule has 0 radical (unpaired) electrons. The van der Waals surface area contributed by atoms with E-state index in [0.29, 0.717) is 0 Å². The molecule has 162 valence electrons. The Bertz CT molecular complexity index is 1000. The quantitative estimate of drug-likeness (QED) is 0.691. The summed E-state index contributed by atoms with van der Waals surface area (Å²) in [6.07, 6.45) is 0. The van der Waals surface area contributed by atoms with Gasteiger partial charge in [-0.3, -0.25) is 4.79 Å². The molecule has 0 unspecified atom stereocenters. The molecule has 10 heteroatoms. The molecule has 2 aromatic carbocycles. The molecular formula is C20H22F2N2O5S. The number of hydrogen-bond donors (Lipinski definition) is 0. The van der Waals surface area contributed by atoms with Gasteiger partial charge in [0.25, 0.3) is 5.91 Å². The van der Waals surface area contributed by atoms with Crippen molar-refractivity contribution < 1.29 is 31.5 Å². The Labute approximate surface area is 173 Å². The molecule has 0 N–H and O–H groups in total. The second kappa shape index (κ2) is 8.97. The average molecular weight is 440 g/mol. The number of hydrogen-bond acceptors (Lipinski definition) is 5. The predicted octanol–water partition coefficient (Wildman–Crippen LogP) is 2.75. The number of alkyl halides is 2. The van der Waals surface area contributed by atoms with E-state index in [4.69, 9.17) is 4.74 Å². The fourth-order valence-electron chi connectivity index (χ4n) is 3.22. The van der Waals surface area contributed by atoms with Gasteiger partial charge in [-0.25, -0.2) is 8.42 Å². The summed E-state index contributed by atoms with van der Waals surface area (Å²) in [5.74, 6) is -0.853. The summed E-state index contributed by atoms with van der Waals surface area (Å²) in [6, 6.07) is 10.8. The summed E-state index contributed by atoms with van der Waals surface area (Å²) in [4.78, 5) is 14.5. The van der Waals surface area contributed by atoms with Crippen molar-refractivity contribution in [2.45, 2.75) is 18.4 Å². The molecule has 1 aliphatic heterocycles. The number of benzene rings is 2. The largest absolute Gasteiger partial charge is 0.493 e. The molecule has 1 heterocycles. The van der Waals surface area contributed by atoms with Crippen LogP contribution in [0.4, 0.5) is 8.78 Å². The molecule has 1 fully saturated rings. The molecule has 0 bridgehead atoms. The van der Waals surface area contributed by atoms with E-state index in [1.54, 1.807) is 24.3 Å².